The molecule has 4 aromatic rings. The van der Waals surface area contributed by atoms with Crippen LogP contribution in [0.2, 0.25) is 5.02 Å². The van der Waals surface area contributed by atoms with Crippen molar-refractivity contribution in [1.29, 1.82) is 0 Å². The number of aryl methyl sites for hydroxylation is 1. The molecular formula is C25H29ClN4O5S. The summed E-state index contributed by atoms with van der Waals surface area (Å²) in [5.74, 6) is 1.38. The number of furan rings is 1. The Bertz CT molecular complexity index is 1450. The molecule has 1 aliphatic heterocycles. The molecule has 192 valence electrons. The number of fused-ring (bicyclic) bond motifs is 1. The lowest BCUT2D eigenvalue weighted by molar-refractivity contribution is -0.121. The number of hydrogen-bond donors (Lipinski definition) is 3. The Kier molecular flexibility index (Phi) is 8.57. The van der Waals surface area contributed by atoms with Gasteiger partial charge in [0.05, 0.1) is 18.7 Å². The summed E-state index contributed by atoms with van der Waals surface area (Å²) in [5, 5.41) is 12.2. The molecule has 1 fully saturated rings. The van der Waals surface area contributed by atoms with Gasteiger partial charge in [-0.3, -0.25) is 14.0 Å². The highest BCUT2D eigenvalue weighted by atomic mass is 35.5. The van der Waals surface area contributed by atoms with E-state index in [2.05, 4.69) is 15.7 Å². The number of aromatic nitrogens is 2. The van der Waals surface area contributed by atoms with Crippen LogP contribution in [0, 0.1) is 12.8 Å². The molecule has 5 rings (SSSR count). The van der Waals surface area contributed by atoms with Crippen LogP contribution in [0.15, 0.2) is 59.0 Å². The van der Waals surface area contributed by atoms with Crippen LogP contribution in [-0.2, 0) is 21.5 Å². The fourth-order valence-electron chi connectivity index (χ4n) is 3.64. The predicted octanol–water partition coefficient (Wildman–Crippen LogP) is 4.60. The van der Waals surface area contributed by atoms with Crippen molar-refractivity contribution >= 4 is 44.4 Å². The second kappa shape index (κ2) is 11.3. The van der Waals surface area contributed by atoms with Gasteiger partial charge in [-0.15, -0.1) is 0 Å². The molecule has 36 heavy (non-hydrogen) atoms. The van der Waals surface area contributed by atoms with E-state index in [1.165, 1.54) is 0 Å². The summed E-state index contributed by atoms with van der Waals surface area (Å²) < 4.78 is 33.9. The molecule has 2 aromatic carbocycles. The first-order valence-electron chi connectivity index (χ1n) is 10.8. The number of rotatable bonds is 5. The standard InChI is InChI=1S/C23H21ClN4O2.CH4O3S.CH4/c1-14-7-21(26-23(29)18-11-25-12-18)27-28(14)13-17-9-19(24)8-16-10-20(30-22(16)17)15-5-3-2-4-6-15;1-5(2,3)4;/h2-10,18,25H,11-13H2,1H3,(H,26,27,29);1H3,(H,2,3,4);1H4. The molecular weight excluding hydrogens is 504 g/mol. The first-order chi connectivity index (χ1) is 16.6. The van der Waals surface area contributed by atoms with Crippen molar-refractivity contribution < 1.29 is 22.2 Å². The predicted molar refractivity (Wildman–Crippen MR) is 142 cm³/mol. The van der Waals surface area contributed by atoms with Crippen molar-refractivity contribution in [2.45, 2.75) is 20.9 Å². The smallest absolute Gasteiger partial charge is 0.261 e. The second-order valence-corrected chi connectivity index (χ2v) is 10.3. The summed E-state index contributed by atoms with van der Waals surface area (Å²) >= 11 is 6.38. The first-order valence-corrected chi connectivity index (χ1v) is 13.1. The van der Waals surface area contributed by atoms with Gasteiger partial charge in [0.25, 0.3) is 10.1 Å². The molecule has 0 bridgehead atoms. The van der Waals surface area contributed by atoms with E-state index in [1.807, 2.05) is 66.2 Å². The largest absolute Gasteiger partial charge is 0.456 e. The summed E-state index contributed by atoms with van der Waals surface area (Å²) in [6.45, 7) is 3.89. The molecule has 0 saturated carbocycles. The average molecular weight is 533 g/mol. The molecule has 3 N–H and O–H groups in total. The van der Waals surface area contributed by atoms with Gasteiger partial charge in [-0.05, 0) is 25.1 Å². The molecule has 0 spiro atoms. The molecule has 0 atom stereocenters. The molecule has 11 heteroatoms. The maximum atomic E-state index is 12.2. The van der Waals surface area contributed by atoms with Crippen molar-refractivity contribution in [2.75, 3.05) is 24.7 Å². The molecule has 1 aliphatic rings. The Hall–Kier alpha value is -3.18. The third-order valence-corrected chi connectivity index (χ3v) is 5.64. The molecule has 0 radical (unpaired) electrons. The summed E-state index contributed by atoms with van der Waals surface area (Å²) in [5.41, 5.74) is 3.69. The molecule has 9 nitrogen and oxygen atoms in total. The van der Waals surface area contributed by atoms with E-state index in [-0.39, 0.29) is 19.3 Å². The number of halogens is 1. The van der Waals surface area contributed by atoms with E-state index >= 15 is 0 Å². The molecule has 1 saturated heterocycles. The minimum atomic E-state index is -3.67. The molecule has 2 aromatic heterocycles. The lowest BCUT2D eigenvalue weighted by Crippen LogP contribution is -2.48. The van der Waals surface area contributed by atoms with Crippen LogP contribution in [0.3, 0.4) is 0 Å². The highest BCUT2D eigenvalue weighted by Gasteiger charge is 2.25. The van der Waals surface area contributed by atoms with Crippen LogP contribution in [0.25, 0.3) is 22.3 Å². The average Bonchev–Trinajstić information content (AvgIpc) is 3.29. The van der Waals surface area contributed by atoms with Crippen molar-refractivity contribution in [3.63, 3.8) is 0 Å². The lowest BCUT2D eigenvalue weighted by Gasteiger charge is -2.25. The minimum absolute atomic E-state index is 0. The van der Waals surface area contributed by atoms with Gasteiger partial charge in [0.2, 0.25) is 5.91 Å². The zero-order valence-corrected chi connectivity index (χ0v) is 20.7. The number of amides is 1. The third-order valence-electron chi connectivity index (χ3n) is 5.42. The highest BCUT2D eigenvalue weighted by molar-refractivity contribution is 7.85. The number of benzene rings is 2. The zero-order chi connectivity index (χ0) is 25.2. The van der Waals surface area contributed by atoms with Gasteiger partial charge in [-0.25, -0.2) is 0 Å². The fraction of sp³-hybridized carbons (Fsp3) is 0.280. The Morgan fingerprint density at radius 1 is 1.22 bits per heavy atom. The summed E-state index contributed by atoms with van der Waals surface area (Å²) in [4.78, 5) is 12.2. The Labute approximate surface area is 215 Å². The number of nitrogens with one attached hydrogen (secondary N) is 2. The van der Waals surface area contributed by atoms with Gasteiger partial charge < -0.3 is 15.1 Å². The van der Waals surface area contributed by atoms with Crippen LogP contribution < -0.4 is 10.6 Å². The van der Waals surface area contributed by atoms with E-state index in [0.29, 0.717) is 36.7 Å². The Morgan fingerprint density at radius 2 is 1.89 bits per heavy atom. The molecule has 0 unspecified atom stereocenters. The van der Waals surface area contributed by atoms with Crippen LogP contribution in [-0.4, -0.2) is 48.0 Å². The van der Waals surface area contributed by atoms with Gasteiger partial charge in [-0.1, -0.05) is 49.4 Å². The van der Waals surface area contributed by atoms with Crippen molar-refractivity contribution in [3.8, 4) is 11.3 Å². The van der Waals surface area contributed by atoms with Crippen molar-refractivity contribution in [3.05, 3.63) is 70.9 Å². The monoisotopic (exact) mass is 532 g/mol. The summed E-state index contributed by atoms with van der Waals surface area (Å²) in [6, 6.07) is 17.7. The highest BCUT2D eigenvalue weighted by Crippen LogP contribution is 2.32. The van der Waals surface area contributed by atoms with Crippen LogP contribution in [0.4, 0.5) is 5.82 Å². The van der Waals surface area contributed by atoms with Gasteiger partial charge in [0.1, 0.15) is 11.3 Å². The Morgan fingerprint density at radius 3 is 2.50 bits per heavy atom. The van der Waals surface area contributed by atoms with E-state index in [4.69, 9.17) is 20.6 Å². The van der Waals surface area contributed by atoms with Gasteiger partial charge in [0.15, 0.2) is 5.82 Å². The normalized spacial score (nSPS) is 13.3. The molecule has 1 amide bonds. The zero-order valence-electron chi connectivity index (χ0n) is 19.2. The van der Waals surface area contributed by atoms with Crippen molar-refractivity contribution in [2.24, 2.45) is 5.92 Å². The number of anilines is 1. The van der Waals surface area contributed by atoms with E-state index in [0.717, 1.165) is 33.6 Å². The number of hydrogen-bond acceptors (Lipinski definition) is 6. The quantitative estimate of drug-likeness (QED) is 0.320. The maximum Gasteiger partial charge on any atom is 0.261 e. The van der Waals surface area contributed by atoms with E-state index in [9.17, 15) is 13.2 Å². The van der Waals surface area contributed by atoms with Gasteiger partial charge >= 0.3 is 0 Å². The van der Waals surface area contributed by atoms with Crippen LogP contribution in [0.5, 0.6) is 0 Å². The van der Waals surface area contributed by atoms with Gasteiger partial charge in [0, 0.05) is 46.4 Å². The van der Waals surface area contributed by atoms with Crippen LogP contribution >= 0.6 is 11.6 Å². The van der Waals surface area contributed by atoms with Crippen molar-refractivity contribution in [1.82, 2.24) is 15.1 Å². The van der Waals surface area contributed by atoms with Crippen LogP contribution in [0.1, 0.15) is 18.7 Å². The minimum Gasteiger partial charge on any atom is -0.456 e. The number of carbonyl (C=O) groups excluding carboxylic acids is 1. The first kappa shape index (κ1) is 27.4. The lowest BCUT2D eigenvalue weighted by atomic mass is 10.0. The molecule has 3 heterocycles. The Balaban J connectivity index is 0.000000551. The summed E-state index contributed by atoms with van der Waals surface area (Å²) in [7, 11) is -3.67. The maximum absolute atomic E-state index is 12.2. The number of nitrogens with zero attached hydrogens (tertiary/aromatic N) is 2. The summed E-state index contributed by atoms with van der Waals surface area (Å²) in [6.07, 6.45) is 0.715. The molecule has 0 aliphatic carbocycles. The van der Waals surface area contributed by atoms with E-state index in [1.54, 1.807) is 0 Å². The topological polar surface area (TPSA) is 126 Å². The van der Waals surface area contributed by atoms with E-state index < -0.39 is 10.1 Å². The second-order valence-electron chi connectivity index (χ2n) is 8.37. The van der Waals surface area contributed by atoms with Gasteiger partial charge in [-0.2, -0.15) is 13.5 Å². The number of carbonyl (C=O) groups is 1. The SMILES string of the molecule is C.CS(=O)(=O)O.Cc1cc(NC(=O)C2CNC2)nn1Cc1cc(Cl)cc2cc(-c3ccccc3)oc12. The fourth-order valence-corrected chi connectivity index (χ4v) is 3.89. The third kappa shape index (κ3) is 6.94.